The largest absolute Gasteiger partial charge is 0.322 e. The lowest BCUT2D eigenvalue weighted by atomic mass is 10.00. The smallest absolute Gasteiger partial charge is 0.0710 e. The Morgan fingerprint density at radius 3 is 2.72 bits per heavy atom. The van der Waals surface area contributed by atoms with E-state index >= 15 is 0 Å². The van der Waals surface area contributed by atoms with Crippen LogP contribution in [0.15, 0.2) is 24.3 Å². The van der Waals surface area contributed by atoms with Gasteiger partial charge in [0.15, 0.2) is 0 Å². The van der Waals surface area contributed by atoms with Crippen molar-refractivity contribution in [3.05, 3.63) is 35.5 Å². The van der Waals surface area contributed by atoms with E-state index in [2.05, 4.69) is 36.6 Å². The number of aryl methyl sites for hydroxylation is 1. The number of nitrogens with two attached hydrogens (primary N) is 1. The Morgan fingerprint density at radius 1 is 1.22 bits per heavy atom. The molecule has 0 spiro atoms. The van der Waals surface area contributed by atoms with Gasteiger partial charge in [-0.2, -0.15) is 0 Å². The summed E-state index contributed by atoms with van der Waals surface area (Å²) in [6.45, 7) is 2.10. The maximum absolute atomic E-state index is 5.66. The van der Waals surface area contributed by atoms with Gasteiger partial charge in [0.2, 0.25) is 0 Å². The van der Waals surface area contributed by atoms with Crippen LogP contribution in [0.5, 0.6) is 0 Å². The molecule has 3 N–H and O–H groups in total. The van der Waals surface area contributed by atoms with E-state index in [1.807, 2.05) is 0 Å². The Bertz CT molecular complexity index is 571. The van der Waals surface area contributed by atoms with Crippen molar-refractivity contribution < 1.29 is 0 Å². The second-order valence-electron chi connectivity index (χ2n) is 5.24. The number of hydrogen-bond donors (Lipinski definition) is 2. The minimum absolute atomic E-state index is 0.571. The van der Waals surface area contributed by atoms with E-state index in [4.69, 9.17) is 10.8 Å². The molecule has 1 aromatic heterocycles. The van der Waals surface area contributed by atoms with Gasteiger partial charge in [-0.3, -0.25) is 10.8 Å². The summed E-state index contributed by atoms with van der Waals surface area (Å²) in [4.78, 5) is 4.83. The molecule has 3 nitrogen and oxygen atoms in total. The van der Waals surface area contributed by atoms with Crippen LogP contribution >= 0.6 is 0 Å². The highest BCUT2D eigenvalue weighted by Crippen LogP contribution is 2.37. The molecule has 0 aliphatic heterocycles. The van der Waals surface area contributed by atoms with Crippen molar-refractivity contribution in [1.82, 2.24) is 4.98 Å². The van der Waals surface area contributed by atoms with Gasteiger partial charge in [0.1, 0.15) is 0 Å². The van der Waals surface area contributed by atoms with Gasteiger partial charge in [0.05, 0.1) is 16.9 Å². The Labute approximate surface area is 107 Å². The van der Waals surface area contributed by atoms with Crippen LogP contribution < -0.4 is 11.3 Å². The van der Waals surface area contributed by atoms with E-state index < -0.39 is 0 Å². The number of pyridine rings is 1. The van der Waals surface area contributed by atoms with E-state index in [1.165, 1.54) is 31.2 Å². The Kier molecular flexibility index (Phi) is 2.92. The summed E-state index contributed by atoms with van der Waals surface area (Å²) in [5.41, 5.74) is 7.27. The van der Waals surface area contributed by atoms with Crippen LogP contribution in [0.3, 0.4) is 0 Å². The minimum atomic E-state index is 0.571. The molecule has 0 saturated heterocycles. The molecule has 0 atom stereocenters. The first-order valence-corrected chi connectivity index (χ1v) is 6.66. The summed E-state index contributed by atoms with van der Waals surface area (Å²) in [7, 11) is 0. The number of fused-ring (bicyclic) bond motifs is 1. The van der Waals surface area contributed by atoms with Crippen molar-refractivity contribution in [3.8, 4) is 0 Å². The van der Waals surface area contributed by atoms with Crippen LogP contribution in [0.1, 0.15) is 42.9 Å². The molecule has 2 aromatic rings. The Balaban J connectivity index is 2.14. The molecule has 1 heterocycles. The lowest BCUT2D eigenvalue weighted by Crippen LogP contribution is -2.12. The second-order valence-corrected chi connectivity index (χ2v) is 5.24. The third-order valence-electron chi connectivity index (χ3n) is 3.90. The topological polar surface area (TPSA) is 50.9 Å². The normalized spacial score (nSPS) is 16.3. The van der Waals surface area contributed by atoms with Crippen LogP contribution in [0.25, 0.3) is 10.9 Å². The van der Waals surface area contributed by atoms with Crippen molar-refractivity contribution >= 4 is 16.6 Å². The summed E-state index contributed by atoms with van der Waals surface area (Å²) in [5, 5.41) is 1.16. The molecule has 0 unspecified atom stereocenters. The van der Waals surface area contributed by atoms with E-state index in [0.717, 1.165) is 22.3 Å². The zero-order chi connectivity index (χ0) is 12.5. The van der Waals surface area contributed by atoms with Gasteiger partial charge in [0, 0.05) is 11.3 Å². The van der Waals surface area contributed by atoms with Crippen LogP contribution in [-0.4, -0.2) is 4.98 Å². The first-order chi connectivity index (χ1) is 8.78. The van der Waals surface area contributed by atoms with E-state index in [1.54, 1.807) is 0 Å². The van der Waals surface area contributed by atoms with E-state index in [-0.39, 0.29) is 0 Å². The lowest BCUT2D eigenvalue weighted by Gasteiger charge is -2.15. The fourth-order valence-corrected chi connectivity index (χ4v) is 2.94. The molecular formula is C15H19N3. The number of nitrogens with zero attached hydrogens (tertiary/aromatic N) is 1. The SMILES string of the molecule is Cc1ccc2nc(C3CCCC3)c(NN)cc2c1. The molecule has 1 aromatic carbocycles. The minimum Gasteiger partial charge on any atom is -0.322 e. The molecule has 18 heavy (non-hydrogen) atoms. The molecule has 1 aliphatic rings. The number of benzene rings is 1. The van der Waals surface area contributed by atoms with Crippen LogP contribution in [-0.2, 0) is 0 Å². The average Bonchev–Trinajstić information content (AvgIpc) is 2.90. The summed E-state index contributed by atoms with van der Waals surface area (Å²) >= 11 is 0. The fourth-order valence-electron chi connectivity index (χ4n) is 2.94. The third kappa shape index (κ3) is 1.95. The van der Waals surface area contributed by atoms with Crippen LogP contribution in [0.4, 0.5) is 5.69 Å². The summed E-state index contributed by atoms with van der Waals surface area (Å²) in [6, 6.07) is 8.50. The van der Waals surface area contributed by atoms with Gasteiger partial charge in [-0.15, -0.1) is 0 Å². The first-order valence-electron chi connectivity index (χ1n) is 6.66. The van der Waals surface area contributed by atoms with Crippen molar-refractivity contribution in [2.75, 3.05) is 5.43 Å². The number of aromatic nitrogens is 1. The van der Waals surface area contributed by atoms with Gasteiger partial charge in [-0.25, -0.2) is 0 Å². The summed E-state index contributed by atoms with van der Waals surface area (Å²) in [6.07, 6.45) is 5.09. The van der Waals surface area contributed by atoms with Crippen molar-refractivity contribution in [3.63, 3.8) is 0 Å². The van der Waals surface area contributed by atoms with Gasteiger partial charge in [-0.1, -0.05) is 24.5 Å². The molecular weight excluding hydrogens is 222 g/mol. The van der Waals surface area contributed by atoms with Crippen LogP contribution in [0, 0.1) is 6.92 Å². The van der Waals surface area contributed by atoms with Gasteiger partial charge >= 0.3 is 0 Å². The summed E-state index contributed by atoms with van der Waals surface area (Å²) in [5.74, 6) is 6.23. The molecule has 1 fully saturated rings. The number of nitrogens with one attached hydrogen (secondary N) is 1. The number of rotatable bonds is 2. The number of hydrogen-bond acceptors (Lipinski definition) is 3. The van der Waals surface area contributed by atoms with Gasteiger partial charge in [-0.05, 0) is 38.0 Å². The highest BCUT2D eigenvalue weighted by Gasteiger charge is 2.21. The molecule has 94 valence electrons. The van der Waals surface area contributed by atoms with E-state index in [9.17, 15) is 0 Å². The molecule has 3 rings (SSSR count). The van der Waals surface area contributed by atoms with Gasteiger partial charge < -0.3 is 5.43 Å². The first kappa shape index (κ1) is 11.5. The van der Waals surface area contributed by atoms with Crippen LogP contribution in [0.2, 0.25) is 0 Å². The molecule has 3 heteroatoms. The van der Waals surface area contributed by atoms with E-state index in [0.29, 0.717) is 5.92 Å². The van der Waals surface area contributed by atoms with Gasteiger partial charge in [0.25, 0.3) is 0 Å². The molecule has 1 aliphatic carbocycles. The monoisotopic (exact) mass is 241 g/mol. The van der Waals surface area contributed by atoms with Crippen molar-refractivity contribution in [1.29, 1.82) is 0 Å². The second kappa shape index (κ2) is 4.58. The predicted molar refractivity (Wildman–Crippen MR) is 75.5 cm³/mol. The number of nitrogen functional groups attached to an aromatic ring is 1. The lowest BCUT2D eigenvalue weighted by molar-refractivity contribution is 0.702. The third-order valence-corrected chi connectivity index (χ3v) is 3.90. The maximum atomic E-state index is 5.66. The Morgan fingerprint density at radius 2 is 2.00 bits per heavy atom. The molecule has 1 saturated carbocycles. The number of anilines is 1. The predicted octanol–water partition coefficient (Wildman–Crippen LogP) is 3.49. The average molecular weight is 241 g/mol. The molecule has 0 bridgehead atoms. The van der Waals surface area contributed by atoms with Crippen molar-refractivity contribution in [2.24, 2.45) is 5.84 Å². The molecule has 0 radical (unpaired) electrons. The maximum Gasteiger partial charge on any atom is 0.0710 e. The zero-order valence-electron chi connectivity index (χ0n) is 10.7. The standard InChI is InChI=1S/C15H19N3/c1-10-6-7-13-12(8-10)9-14(18-16)15(17-13)11-4-2-3-5-11/h6-9,11,18H,2-5,16H2,1H3. The zero-order valence-corrected chi connectivity index (χ0v) is 10.7. The quantitative estimate of drug-likeness (QED) is 0.625. The van der Waals surface area contributed by atoms with Crippen molar-refractivity contribution in [2.45, 2.75) is 38.5 Å². The fraction of sp³-hybridized carbons (Fsp3) is 0.400. The highest BCUT2D eigenvalue weighted by atomic mass is 15.2. The summed E-state index contributed by atoms with van der Waals surface area (Å²) < 4.78 is 0. The molecule has 0 amide bonds. The Hall–Kier alpha value is -1.61. The number of hydrazine groups is 1. The highest BCUT2D eigenvalue weighted by molar-refractivity contribution is 5.83.